The molecule has 0 spiro atoms. The lowest BCUT2D eigenvalue weighted by Crippen LogP contribution is -2.36. The fourth-order valence-corrected chi connectivity index (χ4v) is 3.40. The zero-order valence-corrected chi connectivity index (χ0v) is 17.5. The Hall–Kier alpha value is -3.03. The summed E-state index contributed by atoms with van der Waals surface area (Å²) in [5, 5.41) is 6.31. The predicted octanol–water partition coefficient (Wildman–Crippen LogP) is 4.08. The summed E-state index contributed by atoms with van der Waals surface area (Å²) in [4.78, 5) is 18.0. The van der Waals surface area contributed by atoms with Gasteiger partial charge in [0.25, 0.3) is 0 Å². The van der Waals surface area contributed by atoms with Crippen LogP contribution in [0, 0.1) is 0 Å². The average molecular weight is 432 g/mol. The number of likely N-dealkylation sites (tertiary alicyclic amines) is 1. The number of aliphatic imine (C=N–C) groups is 1. The Morgan fingerprint density at radius 2 is 1.81 bits per heavy atom. The number of hydrogen-bond acceptors (Lipinski definition) is 2. The van der Waals surface area contributed by atoms with Crippen LogP contribution in [0.3, 0.4) is 0 Å². The summed E-state index contributed by atoms with van der Waals surface area (Å²) in [5.74, 6) is 0.740. The zero-order valence-electron chi connectivity index (χ0n) is 17.5. The average Bonchev–Trinajstić information content (AvgIpc) is 3.15. The van der Waals surface area contributed by atoms with Gasteiger partial charge >= 0.3 is 6.18 Å². The third-order valence-electron chi connectivity index (χ3n) is 5.05. The van der Waals surface area contributed by atoms with Crippen LogP contribution in [-0.4, -0.2) is 29.9 Å². The molecule has 1 fully saturated rings. The first kappa shape index (κ1) is 22.7. The molecule has 0 atom stereocenters. The van der Waals surface area contributed by atoms with E-state index in [9.17, 15) is 18.0 Å². The number of amides is 1. The van der Waals surface area contributed by atoms with Gasteiger partial charge in [0.1, 0.15) is 0 Å². The topological polar surface area (TPSA) is 56.7 Å². The maximum absolute atomic E-state index is 12.9. The second-order valence-electron chi connectivity index (χ2n) is 7.48. The molecule has 0 unspecified atom stereocenters. The van der Waals surface area contributed by atoms with Crippen LogP contribution >= 0.6 is 0 Å². The van der Waals surface area contributed by atoms with Crippen LogP contribution in [0.25, 0.3) is 0 Å². The number of hydrogen-bond donors (Lipinski definition) is 2. The monoisotopic (exact) mass is 432 g/mol. The summed E-state index contributed by atoms with van der Waals surface area (Å²) in [6.45, 7) is 4.68. The van der Waals surface area contributed by atoms with Gasteiger partial charge in [-0.05, 0) is 42.2 Å². The molecule has 0 bridgehead atoms. The number of guanidine groups is 1. The van der Waals surface area contributed by atoms with Gasteiger partial charge in [0.2, 0.25) is 5.91 Å². The number of carbonyl (C=O) groups excluding carboxylic acids is 1. The number of alkyl halides is 3. The van der Waals surface area contributed by atoms with E-state index in [0.29, 0.717) is 37.6 Å². The molecule has 1 amide bonds. The van der Waals surface area contributed by atoms with Crippen molar-refractivity contribution in [3.8, 4) is 0 Å². The molecule has 2 aromatic carbocycles. The van der Waals surface area contributed by atoms with E-state index in [4.69, 9.17) is 0 Å². The van der Waals surface area contributed by atoms with Crippen molar-refractivity contribution >= 4 is 11.9 Å². The molecule has 2 N–H and O–H groups in total. The SMILES string of the molecule is CCNC(=NCc1cccc(C(F)(F)F)c1)NCc1ccc(CN2CCCC2=O)cc1. The number of nitrogens with one attached hydrogen (secondary N) is 2. The Balaban J connectivity index is 1.57. The lowest BCUT2D eigenvalue weighted by atomic mass is 10.1. The fourth-order valence-electron chi connectivity index (χ4n) is 3.40. The van der Waals surface area contributed by atoms with Gasteiger partial charge in [-0.1, -0.05) is 36.4 Å². The second-order valence-corrected chi connectivity index (χ2v) is 7.48. The third-order valence-corrected chi connectivity index (χ3v) is 5.05. The Labute approximate surface area is 180 Å². The van der Waals surface area contributed by atoms with Crippen LogP contribution in [0.15, 0.2) is 53.5 Å². The molecule has 2 aromatic rings. The van der Waals surface area contributed by atoms with E-state index in [0.717, 1.165) is 36.2 Å². The van der Waals surface area contributed by atoms with Crippen LogP contribution in [0.1, 0.15) is 42.0 Å². The van der Waals surface area contributed by atoms with Crippen LogP contribution in [-0.2, 0) is 30.6 Å². The maximum Gasteiger partial charge on any atom is 0.416 e. The second kappa shape index (κ2) is 10.3. The number of benzene rings is 2. The fraction of sp³-hybridized carbons (Fsp3) is 0.391. The van der Waals surface area contributed by atoms with E-state index in [2.05, 4.69) is 15.6 Å². The highest BCUT2D eigenvalue weighted by atomic mass is 19.4. The highest BCUT2D eigenvalue weighted by Gasteiger charge is 2.30. The Morgan fingerprint density at radius 1 is 1.06 bits per heavy atom. The van der Waals surface area contributed by atoms with Gasteiger partial charge in [-0.2, -0.15) is 13.2 Å². The Morgan fingerprint density at radius 3 is 2.45 bits per heavy atom. The van der Waals surface area contributed by atoms with Crippen LogP contribution in [0.5, 0.6) is 0 Å². The molecule has 3 rings (SSSR count). The van der Waals surface area contributed by atoms with Crippen LogP contribution in [0.4, 0.5) is 13.2 Å². The minimum absolute atomic E-state index is 0.141. The van der Waals surface area contributed by atoms with Crippen molar-refractivity contribution < 1.29 is 18.0 Å². The molecule has 1 aliphatic heterocycles. The lowest BCUT2D eigenvalue weighted by molar-refractivity contribution is -0.137. The molecule has 0 aliphatic carbocycles. The predicted molar refractivity (Wildman–Crippen MR) is 114 cm³/mol. The third kappa shape index (κ3) is 6.73. The molecule has 5 nitrogen and oxygen atoms in total. The van der Waals surface area contributed by atoms with Crippen molar-refractivity contribution in [2.45, 2.75) is 45.6 Å². The highest BCUT2D eigenvalue weighted by Crippen LogP contribution is 2.29. The summed E-state index contributed by atoms with van der Waals surface area (Å²) in [6.07, 6.45) is -2.81. The lowest BCUT2D eigenvalue weighted by Gasteiger charge is -2.16. The normalized spacial score (nSPS) is 14.8. The van der Waals surface area contributed by atoms with E-state index in [1.807, 2.05) is 36.1 Å². The van der Waals surface area contributed by atoms with E-state index < -0.39 is 11.7 Å². The number of halogens is 3. The summed E-state index contributed by atoms with van der Waals surface area (Å²) in [5.41, 5.74) is 1.95. The molecule has 0 saturated carbocycles. The molecule has 8 heteroatoms. The molecule has 0 aromatic heterocycles. The molecule has 1 aliphatic rings. The minimum atomic E-state index is -4.36. The zero-order chi connectivity index (χ0) is 22.3. The number of nitrogens with zero attached hydrogens (tertiary/aromatic N) is 2. The molecule has 166 valence electrons. The number of rotatable bonds is 7. The summed E-state index contributed by atoms with van der Waals surface area (Å²) < 4.78 is 38.6. The van der Waals surface area contributed by atoms with E-state index in [-0.39, 0.29) is 12.5 Å². The van der Waals surface area contributed by atoms with E-state index in [1.165, 1.54) is 6.07 Å². The van der Waals surface area contributed by atoms with Crippen molar-refractivity contribution in [2.75, 3.05) is 13.1 Å². The quantitative estimate of drug-likeness (QED) is 0.512. The van der Waals surface area contributed by atoms with Gasteiger partial charge in [0.05, 0.1) is 12.1 Å². The molecular weight excluding hydrogens is 405 g/mol. The van der Waals surface area contributed by atoms with Crippen molar-refractivity contribution in [3.05, 3.63) is 70.8 Å². The molecular formula is C23H27F3N4O. The molecule has 0 radical (unpaired) electrons. The minimum Gasteiger partial charge on any atom is -0.357 e. The molecule has 31 heavy (non-hydrogen) atoms. The summed E-state index contributed by atoms with van der Waals surface area (Å²) in [7, 11) is 0. The maximum atomic E-state index is 12.9. The van der Waals surface area contributed by atoms with Crippen molar-refractivity contribution in [2.24, 2.45) is 4.99 Å². The van der Waals surface area contributed by atoms with Gasteiger partial charge < -0.3 is 15.5 Å². The van der Waals surface area contributed by atoms with Crippen LogP contribution < -0.4 is 10.6 Å². The van der Waals surface area contributed by atoms with Gasteiger partial charge in [-0.15, -0.1) is 0 Å². The summed E-state index contributed by atoms with van der Waals surface area (Å²) in [6, 6.07) is 13.2. The first-order valence-electron chi connectivity index (χ1n) is 10.4. The van der Waals surface area contributed by atoms with Gasteiger partial charge in [-0.25, -0.2) is 4.99 Å². The largest absolute Gasteiger partial charge is 0.416 e. The van der Waals surface area contributed by atoms with Crippen LogP contribution in [0.2, 0.25) is 0 Å². The first-order chi connectivity index (χ1) is 14.8. The number of carbonyl (C=O) groups is 1. The Kier molecular flexibility index (Phi) is 7.55. The molecule has 1 heterocycles. The van der Waals surface area contributed by atoms with Gasteiger partial charge in [0, 0.05) is 32.6 Å². The van der Waals surface area contributed by atoms with E-state index in [1.54, 1.807) is 6.07 Å². The summed E-state index contributed by atoms with van der Waals surface area (Å²) >= 11 is 0. The Bertz CT molecular complexity index is 910. The van der Waals surface area contributed by atoms with Crippen molar-refractivity contribution in [3.63, 3.8) is 0 Å². The van der Waals surface area contributed by atoms with E-state index >= 15 is 0 Å². The highest BCUT2D eigenvalue weighted by molar-refractivity contribution is 5.79. The van der Waals surface area contributed by atoms with Crippen molar-refractivity contribution in [1.82, 2.24) is 15.5 Å². The smallest absolute Gasteiger partial charge is 0.357 e. The molecule has 1 saturated heterocycles. The van der Waals surface area contributed by atoms with Crippen molar-refractivity contribution in [1.29, 1.82) is 0 Å². The standard InChI is InChI=1S/C23H27F3N4O/c1-2-27-22(29-15-19-5-3-6-20(13-19)23(24,25)26)28-14-17-8-10-18(11-9-17)16-30-12-4-7-21(30)31/h3,5-6,8-11,13H,2,4,7,12,14-16H2,1H3,(H2,27,28,29). The van der Waals surface area contributed by atoms with Gasteiger partial charge in [-0.3, -0.25) is 4.79 Å². The van der Waals surface area contributed by atoms with Gasteiger partial charge in [0.15, 0.2) is 5.96 Å². The first-order valence-corrected chi connectivity index (χ1v) is 10.4.